The maximum Gasteiger partial charge on any atom is 0.262 e. The Morgan fingerprint density at radius 1 is 1.00 bits per heavy atom. The molecule has 0 spiro atoms. The zero-order valence-corrected chi connectivity index (χ0v) is 14.6. The molecule has 0 saturated carbocycles. The summed E-state index contributed by atoms with van der Waals surface area (Å²) < 4.78 is 28.6. The van der Waals surface area contributed by atoms with Gasteiger partial charge in [0, 0.05) is 22.0 Å². The summed E-state index contributed by atoms with van der Waals surface area (Å²) in [7, 11) is -3.79. The number of hydrogen-bond acceptors (Lipinski definition) is 3. The van der Waals surface area contributed by atoms with Crippen molar-refractivity contribution < 1.29 is 13.2 Å². The van der Waals surface area contributed by atoms with Gasteiger partial charge in [0.05, 0.1) is 10.6 Å². The average Bonchev–Trinajstić information content (AvgIpc) is 2.89. The Hall–Kier alpha value is -2.86. The van der Waals surface area contributed by atoms with E-state index in [4.69, 9.17) is 0 Å². The fourth-order valence-electron chi connectivity index (χ4n) is 3.14. The van der Waals surface area contributed by atoms with E-state index >= 15 is 0 Å². The van der Waals surface area contributed by atoms with Gasteiger partial charge in [0.15, 0.2) is 0 Å². The van der Waals surface area contributed by atoms with Crippen molar-refractivity contribution in [3.05, 3.63) is 65.2 Å². The number of nitrogens with one attached hydrogen (secondary N) is 2. The molecular formula is C19H16N2O3S. The van der Waals surface area contributed by atoms with Crippen LogP contribution in [0.1, 0.15) is 21.5 Å². The van der Waals surface area contributed by atoms with Crippen LogP contribution < -0.4 is 10.0 Å². The van der Waals surface area contributed by atoms with Crippen molar-refractivity contribution in [3.8, 4) is 0 Å². The molecule has 0 unspecified atom stereocenters. The van der Waals surface area contributed by atoms with Crippen LogP contribution in [-0.4, -0.2) is 14.3 Å². The minimum absolute atomic E-state index is 0.158. The van der Waals surface area contributed by atoms with Crippen LogP contribution in [0.25, 0.3) is 10.8 Å². The van der Waals surface area contributed by atoms with E-state index in [1.54, 1.807) is 30.3 Å². The number of aryl methyl sites for hydroxylation is 2. The summed E-state index contributed by atoms with van der Waals surface area (Å²) in [4.78, 5) is 12.2. The highest BCUT2D eigenvalue weighted by atomic mass is 32.2. The lowest BCUT2D eigenvalue weighted by atomic mass is 10.1. The zero-order chi connectivity index (χ0) is 17.8. The van der Waals surface area contributed by atoms with Crippen molar-refractivity contribution >= 4 is 38.1 Å². The molecule has 1 heterocycles. The maximum absolute atomic E-state index is 13.0. The molecule has 0 radical (unpaired) electrons. The number of benzene rings is 3. The SMILES string of the molecule is Cc1ccc(C)c(NS(=O)(=O)c2ccc3c4c(cccc24)C(=O)N3)c1. The lowest BCUT2D eigenvalue weighted by Gasteiger charge is -2.13. The molecule has 0 aliphatic carbocycles. The van der Waals surface area contributed by atoms with E-state index < -0.39 is 10.0 Å². The van der Waals surface area contributed by atoms with Gasteiger partial charge in [0.25, 0.3) is 15.9 Å². The number of anilines is 2. The molecule has 3 aromatic rings. The van der Waals surface area contributed by atoms with E-state index in [9.17, 15) is 13.2 Å². The summed E-state index contributed by atoms with van der Waals surface area (Å²) in [6.07, 6.45) is 0. The fourth-order valence-corrected chi connectivity index (χ4v) is 4.47. The van der Waals surface area contributed by atoms with Gasteiger partial charge in [-0.1, -0.05) is 24.3 Å². The van der Waals surface area contributed by atoms with Crippen LogP contribution in [0.2, 0.25) is 0 Å². The second-order valence-electron chi connectivity index (χ2n) is 6.22. The van der Waals surface area contributed by atoms with Crippen molar-refractivity contribution in [3.63, 3.8) is 0 Å². The van der Waals surface area contributed by atoms with Crippen LogP contribution in [0.4, 0.5) is 11.4 Å². The Balaban J connectivity index is 1.89. The second-order valence-corrected chi connectivity index (χ2v) is 7.87. The molecule has 0 atom stereocenters. The molecule has 1 aliphatic heterocycles. The standard InChI is InChI=1S/C19H16N2O3S/c1-11-6-7-12(2)16(10-11)21-25(23,24)17-9-8-15-18-13(17)4-3-5-14(18)19(22)20-15/h3-10,21H,1-2H3,(H,20,22). The van der Waals surface area contributed by atoms with Crippen LogP contribution in [0.5, 0.6) is 0 Å². The Morgan fingerprint density at radius 2 is 1.80 bits per heavy atom. The summed E-state index contributed by atoms with van der Waals surface area (Å²) >= 11 is 0. The van der Waals surface area contributed by atoms with Gasteiger partial charge < -0.3 is 5.32 Å². The highest BCUT2D eigenvalue weighted by Gasteiger charge is 2.26. The second kappa shape index (κ2) is 5.32. The summed E-state index contributed by atoms with van der Waals surface area (Å²) in [5, 5.41) is 3.94. The predicted octanol–water partition coefficient (Wildman–Crippen LogP) is 3.82. The summed E-state index contributed by atoms with van der Waals surface area (Å²) in [6.45, 7) is 3.76. The molecule has 5 nitrogen and oxygen atoms in total. The van der Waals surface area contributed by atoms with Gasteiger partial charge >= 0.3 is 0 Å². The van der Waals surface area contributed by atoms with Crippen LogP contribution in [-0.2, 0) is 10.0 Å². The molecule has 126 valence electrons. The minimum atomic E-state index is -3.79. The van der Waals surface area contributed by atoms with Crippen LogP contribution in [0.15, 0.2) is 53.4 Å². The molecule has 6 heteroatoms. The van der Waals surface area contributed by atoms with E-state index in [0.29, 0.717) is 27.7 Å². The number of sulfonamides is 1. The highest BCUT2D eigenvalue weighted by Crippen LogP contribution is 2.37. The molecule has 4 rings (SSSR count). The van der Waals surface area contributed by atoms with Crippen molar-refractivity contribution in [2.75, 3.05) is 10.0 Å². The number of rotatable bonds is 3. The van der Waals surface area contributed by atoms with Crippen LogP contribution >= 0.6 is 0 Å². The zero-order valence-electron chi connectivity index (χ0n) is 13.8. The van der Waals surface area contributed by atoms with Crippen LogP contribution in [0.3, 0.4) is 0 Å². The fraction of sp³-hybridized carbons (Fsp3) is 0.105. The highest BCUT2D eigenvalue weighted by molar-refractivity contribution is 7.93. The van der Waals surface area contributed by atoms with Crippen molar-refractivity contribution in [2.45, 2.75) is 18.7 Å². The van der Waals surface area contributed by atoms with Gasteiger partial charge in [-0.25, -0.2) is 8.42 Å². The van der Waals surface area contributed by atoms with Gasteiger partial charge in [-0.15, -0.1) is 0 Å². The van der Waals surface area contributed by atoms with Gasteiger partial charge in [0.2, 0.25) is 0 Å². The van der Waals surface area contributed by atoms with E-state index in [-0.39, 0.29) is 10.8 Å². The first-order valence-corrected chi connectivity index (χ1v) is 9.32. The molecule has 2 N–H and O–H groups in total. The van der Waals surface area contributed by atoms with Gasteiger partial charge in [-0.05, 0) is 49.2 Å². The normalized spacial score (nSPS) is 13.1. The van der Waals surface area contributed by atoms with Crippen molar-refractivity contribution in [1.29, 1.82) is 0 Å². The van der Waals surface area contributed by atoms with Gasteiger partial charge in [-0.3, -0.25) is 9.52 Å². The van der Waals surface area contributed by atoms with Crippen LogP contribution in [0, 0.1) is 13.8 Å². The summed E-state index contributed by atoms with van der Waals surface area (Å²) in [5.41, 5.74) is 3.51. The van der Waals surface area contributed by atoms with Crippen molar-refractivity contribution in [1.82, 2.24) is 0 Å². The maximum atomic E-state index is 13.0. The third-order valence-electron chi connectivity index (χ3n) is 4.42. The van der Waals surface area contributed by atoms with E-state index in [0.717, 1.165) is 11.1 Å². The average molecular weight is 352 g/mol. The lowest BCUT2D eigenvalue weighted by molar-refractivity contribution is 0.103. The first-order valence-electron chi connectivity index (χ1n) is 7.84. The topological polar surface area (TPSA) is 75.3 Å². The molecule has 0 saturated heterocycles. The third-order valence-corrected chi connectivity index (χ3v) is 5.84. The molecule has 0 fully saturated rings. The van der Waals surface area contributed by atoms with Gasteiger partial charge in [0.1, 0.15) is 0 Å². The predicted molar refractivity (Wildman–Crippen MR) is 98.6 cm³/mol. The lowest BCUT2D eigenvalue weighted by Crippen LogP contribution is -2.14. The monoisotopic (exact) mass is 352 g/mol. The Labute approximate surface area is 145 Å². The Bertz CT molecular complexity index is 1150. The van der Waals surface area contributed by atoms with Gasteiger partial charge in [-0.2, -0.15) is 0 Å². The molecule has 0 aromatic heterocycles. The molecule has 25 heavy (non-hydrogen) atoms. The minimum Gasteiger partial charge on any atom is -0.321 e. The molecular weight excluding hydrogens is 336 g/mol. The van der Waals surface area contributed by atoms with E-state index in [1.807, 2.05) is 26.0 Å². The first-order chi connectivity index (χ1) is 11.9. The molecule has 3 aromatic carbocycles. The third kappa shape index (κ3) is 2.46. The Morgan fingerprint density at radius 3 is 2.60 bits per heavy atom. The van der Waals surface area contributed by atoms with E-state index in [2.05, 4.69) is 10.0 Å². The smallest absolute Gasteiger partial charge is 0.262 e. The summed E-state index contributed by atoms with van der Waals surface area (Å²) in [5.74, 6) is -0.211. The molecule has 0 bridgehead atoms. The molecule has 1 amide bonds. The van der Waals surface area contributed by atoms with E-state index in [1.165, 1.54) is 6.07 Å². The van der Waals surface area contributed by atoms with Crippen molar-refractivity contribution in [2.24, 2.45) is 0 Å². The number of hydrogen-bond donors (Lipinski definition) is 2. The summed E-state index contributed by atoms with van der Waals surface area (Å²) in [6, 6.07) is 13.9. The molecule has 1 aliphatic rings. The quantitative estimate of drug-likeness (QED) is 0.752. The number of amides is 1. The number of carbonyl (C=O) groups is 1. The largest absolute Gasteiger partial charge is 0.321 e. The Kier molecular flexibility index (Phi) is 3.33. The number of carbonyl (C=O) groups excluding carboxylic acids is 1. The first kappa shape index (κ1) is 15.7.